The van der Waals surface area contributed by atoms with E-state index >= 15 is 0 Å². The molecule has 3 aromatic rings. The highest BCUT2D eigenvalue weighted by Crippen LogP contribution is 2.14. The van der Waals surface area contributed by atoms with Crippen LogP contribution in [0.3, 0.4) is 0 Å². The number of pyridine rings is 1. The Labute approximate surface area is 131 Å². The molecule has 1 aromatic carbocycles. The van der Waals surface area contributed by atoms with Gasteiger partial charge in [0.2, 0.25) is 5.91 Å². The number of benzene rings is 1. The average molecular weight is 311 g/mol. The number of halogens is 1. The van der Waals surface area contributed by atoms with Gasteiger partial charge in [-0.25, -0.2) is 9.37 Å². The van der Waals surface area contributed by atoms with Crippen molar-refractivity contribution in [2.24, 2.45) is 0 Å². The minimum absolute atomic E-state index is 0.00926. The van der Waals surface area contributed by atoms with Gasteiger partial charge in [0.05, 0.1) is 6.42 Å². The molecule has 0 saturated heterocycles. The quantitative estimate of drug-likeness (QED) is 0.775. The van der Waals surface area contributed by atoms with E-state index in [2.05, 4.69) is 25.5 Å². The van der Waals surface area contributed by atoms with Crippen molar-refractivity contribution in [1.82, 2.24) is 20.2 Å². The molecule has 6 nitrogen and oxygen atoms in total. The summed E-state index contributed by atoms with van der Waals surface area (Å²) in [4.78, 5) is 20.4. The van der Waals surface area contributed by atoms with Crippen molar-refractivity contribution < 1.29 is 9.18 Å². The third kappa shape index (κ3) is 3.57. The van der Waals surface area contributed by atoms with E-state index in [0.717, 1.165) is 0 Å². The Morgan fingerprint density at radius 2 is 2.17 bits per heavy atom. The van der Waals surface area contributed by atoms with E-state index in [4.69, 9.17) is 0 Å². The van der Waals surface area contributed by atoms with E-state index in [1.165, 1.54) is 6.07 Å². The summed E-state index contributed by atoms with van der Waals surface area (Å²) in [6.45, 7) is 1.66. The lowest BCUT2D eigenvalue weighted by Crippen LogP contribution is -2.15. The van der Waals surface area contributed by atoms with Crippen molar-refractivity contribution in [3.63, 3.8) is 0 Å². The standard InChI is InChI=1S/C16H14FN5O/c1-10-5-6-11(8-12(10)17)19-15(23)9-14-20-16(22-21-14)13-4-2-3-7-18-13/h2-8H,9H2,1H3,(H,19,23)(H,20,21,22). The number of aromatic amines is 1. The van der Waals surface area contributed by atoms with Gasteiger partial charge in [-0.3, -0.25) is 14.9 Å². The minimum Gasteiger partial charge on any atom is -0.326 e. The zero-order valence-corrected chi connectivity index (χ0v) is 12.4. The number of aromatic nitrogens is 4. The van der Waals surface area contributed by atoms with E-state index in [-0.39, 0.29) is 18.1 Å². The fourth-order valence-corrected chi connectivity index (χ4v) is 2.01. The van der Waals surface area contributed by atoms with Crippen LogP contribution in [0.2, 0.25) is 0 Å². The maximum atomic E-state index is 13.5. The molecule has 0 unspecified atom stereocenters. The minimum atomic E-state index is -0.361. The smallest absolute Gasteiger partial charge is 0.232 e. The largest absolute Gasteiger partial charge is 0.326 e. The van der Waals surface area contributed by atoms with Gasteiger partial charge in [-0.15, -0.1) is 0 Å². The first kappa shape index (κ1) is 14.8. The first-order chi connectivity index (χ1) is 11.1. The molecule has 23 heavy (non-hydrogen) atoms. The van der Waals surface area contributed by atoms with E-state index in [0.29, 0.717) is 28.6 Å². The van der Waals surface area contributed by atoms with Crippen LogP contribution in [0.15, 0.2) is 42.6 Å². The molecule has 2 heterocycles. The van der Waals surface area contributed by atoms with Gasteiger partial charge < -0.3 is 5.32 Å². The number of rotatable bonds is 4. The molecule has 0 saturated carbocycles. The Hall–Kier alpha value is -3.09. The summed E-state index contributed by atoms with van der Waals surface area (Å²) in [5.74, 6) is 0.169. The topological polar surface area (TPSA) is 83.6 Å². The van der Waals surface area contributed by atoms with Crippen LogP contribution in [-0.4, -0.2) is 26.1 Å². The summed E-state index contributed by atoms with van der Waals surface area (Å²) in [5.41, 5.74) is 1.55. The highest BCUT2D eigenvalue weighted by Gasteiger charge is 2.11. The van der Waals surface area contributed by atoms with Crippen LogP contribution in [0.1, 0.15) is 11.4 Å². The number of amides is 1. The van der Waals surface area contributed by atoms with Crippen molar-refractivity contribution in [3.8, 4) is 11.5 Å². The van der Waals surface area contributed by atoms with E-state index in [9.17, 15) is 9.18 Å². The fraction of sp³-hybridized carbons (Fsp3) is 0.125. The third-order valence-corrected chi connectivity index (χ3v) is 3.21. The maximum absolute atomic E-state index is 13.5. The Morgan fingerprint density at radius 1 is 1.30 bits per heavy atom. The third-order valence-electron chi connectivity index (χ3n) is 3.21. The highest BCUT2D eigenvalue weighted by atomic mass is 19.1. The molecule has 0 spiro atoms. The van der Waals surface area contributed by atoms with Gasteiger partial charge in [-0.2, -0.15) is 5.10 Å². The number of carbonyl (C=O) groups is 1. The van der Waals surface area contributed by atoms with Crippen molar-refractivity contribution in [2.75, 3.05) is 5.32 Å². The summed E-state index contributed by atoms with van der Waals surface area (Å²) in [6, 6.07) is 9.95. The summed E-state index contributed by atoms with van der Waals surface area (Å²) >= 11 is 0. The van der Waals surface area contributed by atoms with Crippen molar-refractivity contribution in [3.05, 3.63) is 59.8 Å². The SMILES string of the molecule is Cc1ccc(NC(=O)Cc2nc(-c3ccccn3)n[nH]2)cc1F. The molecule has 7 heteroatoms. The lowest BCUT2D eigenvalue weighted by molar-refractivity contribution is -0.115. The molecule has 0 radical (unpaired) electrons. The van der Waals surface area contributed by atoms with Gasteiger partial charge >= 0.3 is 0 Å². The molecule has 116 valence electrons. The van der Waals surface area contributed by atoms with Gasteiger partial charge in [0, 0.05) is 11.9 Å². The van der Waals surface area contributed by atoms with Gasteiger partial charge in [0.15, 0.2) is 5.82 Å². The average Bonchev–Trinajstić information content (AvgIpc) is 3.00. The number of hydrogen-bond acceptors (Lipinski definition) is 4. The zero-order valence-electron chi connectivity index (χ0n) is 12.4. The normalized spacial score (nSPS) is 10.5. The lowest BCUT2D eigenvalue weighted by Gasteiger charge is -2.05. The number of nitrogens with one attached hydrogen (secondary N) is 2. The van der Waals surface area contributed by atoms with Crippen LogP contribution in [0.4, 0.5) is 10.1 Å². The highest BCUT2D eigenvalue weighted by molar-refractivity contribution is 5.91. The molecular formula is C16H14FN5O. The molecule has 0 aliphatic carbocycles. The van der Waals surface area contributed by atoms with E-state index < -0.39 is 0 Å². The molecule has 0 bridgehead atoms. The number of aryl methyl sites for hydroxylation is 1. The second kappa shape index (κ2) is 6.35. The number of H-pyrrole nitrogens is 1. The molecule has 0 fully saturated rings. The van der Waals surface area contributed by atoms with Gasteiger partial charge in [0.1, 0.15) is 17.3 Å². The van der Waals surface area contributed by atoms with Gasteiger partial charge in [-0.05, 0) is 36.8 Å². The number of carbonyl (C=O) groups excluding carboxylic acids is 1. The lowest BCUT2D eigenvalue weighted by atomic mass is 10.2. The predicted molar refractivity (Wildman–Crippen MR) is 83.1 cm³/mol. The second-order valence-corrected chi connectivity index (χ2v) is 5.01. The summed E-state index contributed by atoms with van der Waals surface area (Å²) in [5, 5.41) is 9.36. The van der Waals surface area contributed by atoms with Crippen LogP contribution >= 0.6 is 0 Å². The van der Waals surface area contributed by atoms with Gasteiger partial charge in [-0.1, -0.05) is 12.1 Å². The van der Waals surface area contributed by atoms with Crippen LogP contribution in [0.25, 0.3) is 11.5 Å². The predicted octanol–water partition coefficient (Wildman–Crippen LogP) is 2.50. The molecule has 2 N–H and O–H groups in total. The zero-order chi connectivity index (χ0) is 16.2. The molecule has 0 aliphatic heterocycles. The number of nitrogens with zero attached hydrogens (tertiary/aromatic N) is 3. The molecular weight excluding hydrogens is 297 g/mol. The van der Waals surface area contributed by atoms with Crippen LogP contribution < -0.4 is 5.32 Å². The Kier molecular flexibility index (Phi) is 4.09. The number of hydrogen-bond donors (Lipinski definition) is 2. The van der Waals surface area contributed by atoms with Crippen LogP contribution in [-0.2, 0) is 11.2 Å². The fourth-order valence-electron chi connectivity index (χ4n) is 2.01. The van der Waals surface area contributed by atoms with Crippen molar-refractivity contribution in [1.29, 1.82) is 0 Å². The Balaban J connectivity index is 1.66. The van der Waals surface area contributed by atoms with E-state index in [1.807, 2.05) is 6.07 Å². The van der Waals surface area contributed by atoms with Crippen LogP contribution in [0, 0.1) is 12.7 Å². The van der Waals surface area contributed by atoms with Gasteiger partial charge in [0.25, 0.3) is 0 Å². The summed E-state index contributed by atoms with van der Waals surface area (Å²) in [7, 11) is 0. The van der Waals surface area contributed by atoms with E-state index in [1.54, 1.807) is 37.4 Å². The maximum Gasteiger partial charge on any atom is 0.232 e. The molecule has 3 rings (SSSR count). The van der Waals surface area contributed by atoms with Crippen molar-refractivity contribution >= 4 is 11.6 Å². The monoisotopic (exact) mass is 311 g/mol. The molecule has 2 aromatic heterocycles. The number of anilines is 1. The first-order valence-corrected chi connectivity index (χ1v) is 7.00. The molecule has 0 atom stereocenters. The molecule has 0 aliphatic rings. The molecule has 1 amide bonds. The Bertz CT molecular complexity index is 831. The second-order valence-electron chi connectivity index (χ2n) is 5.01. The summed E-state index contributed by atoms with van der Waals surface area (Å²) < 4.78 is 13.5. The Morgan fingerprint density at radius 3 is 2.91 bits per heavy atom. The van der Waals surface area contributed by atoms with Crippen LogP contribution in [0.5, 0.6) is 0 Å². The summed E-state index contributed by atoms with van der Waals surface area (Å²) in [6.07, 6.45) is 1.65. The first-order valence-electron chi connectivity index (χ1n) is 7.00. The van der Waals surface area contributed by atoms with Crippen molar-refractivity contribution in [2.45, 2.75) is 13.3 Å².